The third-order valence-electron chi connectivity index (χ3n) is 5.31. The molecule has 0 unspecified atom stereocenters. The molecule has 3 aromatic carbocycles. The van der Waals surface area contributed by atoms with E-state index in [0.717, 1.165) is 22.0 Å². The first-order valence-electron chi connectivity index (χ1n) is 11.2. The predicted octanol–water partition coefficient (Wildman–Crippen LogP) is 6.28. The number of carbonyl (C=O) groups is 2. The largest absolute Gasteiger partial charge is 0.469 e. The maximum Gasteiger partial charge on any atom is 0.412 e. The van der Waals surface area contributed by atoms with Gasteiger partial charge in [0.1, 0.15) is 11.4 Å². The standard InChI is InChI=1S/C27H31FN2O4/c1-18(15-25(31)33-5)30(17-19-9-8-10-20(28)16-19)24-14-13-23(21-11-6-7-12-22(21)24)29-26(32)34-27(2,3)4/h6-14,16,18H,15,17H2,1-5H3,(H,29,32)/t18-/m0/s1. The number of benzene rings is 3. The lowest BCUT2D eigenvalue weighted by atomic mass is 10.0. The molecule has 0 saturated carbocycles. The average molecular weight is 467 g/mol. The third kappa shape index (κ3) is 6.47. The Morgan fingerprint density at radius 1 is 1.03 bits per heavy atom. The number of methoxy groups -OCH3 is 1. The van der Waals surface area contributed by atoms with Gasteiger partial charge in [-0.3, -0.25) is 10.1 Å². The molecule has 1 N–H and O–H groups in total. The molecule has 7 heteroatoms. The minimum atomic E-state index is -0.620. The molecule has 6 nitrogen and oxygen atoms in total. The van der Waals surface area contributed by atoms with Crippen LogP contribution in [-0.4, -0.2) is 30.8 Å². The summed E-state index contributed by atoms with van der Waals surface area (Å²) in [4.78, 5) is 26.5. The Labute approximate surface area is 199 Å². The van der Waals surface area contributed by atoms with Gasteiger partial charge in [-0.2, -0.15) is 0 Å². The molecule has 180 valence electrons. The summed E-state index contributed by atoms with van der Waals surface area (Å²) < 4.78 is 24.2. The zero-order chi connectivity index (χ0) is 24.9. The first-order chi connectivity index (χ1) is 16.1. The van der Waals surface area contributed by atoms with E-state index in [-0.39, 0.29) is 24.2 Å². The summed E-state index contributed by atoms with van der Waals surface area (Å²) in [6.07, 6.45) is -0.376. The van der Waals surface area contributed by atoms with Gasteiger partial charge in [-0.15, -0.1) is 0 Å². The van der Waals surface area contributed by atoms with E-state index >= 15 is 0 Å². The van der Waals surface area contributed by atoms with Gasteiger partial charge in [-0.1, -0.05) is 36.4 Å². The van der Waals surface area contributed by atoms with E-state index in [9.17, 15) is 14.0 Å². The van der Waals surface area contributed by atoms with E-state index < -0.39 is 11.7 Å². The summed E-state index contributed by atoms with van der Waals surface area (Å²) in [5.74, 6) is -0.649. The SMILES string of the molecule is COC(=O)C[C@H](C)N(Cc1cccc(F)c1)c1ccc(NC(=O)OC(C)(C)C)c2ccccc12. The van der Waals surface area contributed by atoms with Crippen LogP contribution in [0.4, 0.5) is 20.6 Å². The maximum absolute atomic E-state index is 13.9. The molecule has 1 amide bonds. The van der Waals surface area contributed by atoms with Crippen molar-refractivity contribution >= 4 is 34.2 Å². The van der Waals surface area contributed by atoms with Gasteiger partial charge in [-0.05, 0) is 57.5 Å². The number of nitrogens with zero attached hydrogens (tertiary/aromatic N) is 1. The number of hydrogen-bond acceptors (Lipinski definition) is 5. The summed E-state index contributed by atoms with van der Waals surface area (Å²) >= 11 is 0. The van der Waals surface area contributed by atoms with E-state index in [1.54, 1.807) is 26.8 Å². The van der Waals surface area contributed by atoms with Crippen molar-refractivity contribution in [1.29, 1.82) is 0 Å². The van der Waals surface area contributed by atoms with Gasteiger partial charge in [0.15, 0.2) is 0 Å². The maximum atomic E-state index is 13.9. The lowest BCUT2D eigenvalue weighted by molar-refractivity contribution is -0.140. The van der Waals surface area contributed by atoms with Crippen molar-refractivity contribution in [3.63, 3.8) is 0 Å². The van der Waals surface area contributed by atoms with Gasteiger partial charge >= 0.3 is 12.1 Å². The Morgan fingerprint density at radius 3 is 2.38 bits per heavy atom. The average Bonchev–Trinajstić information content (AvgIpc) is 2.76. The number of ether oxygens (including phenoxy) is 2. The highest BCUT2D eigenvalue weighted by Gasteiger charge is 2.22. The molecule has 0 aromatic heterocycles. The predicted molar refractivity (Wildman–Crippen MR) is 132 cm³/mol. The molecule has 0 aliphatic rings. The molecule has 0 heterocycles. The van der Waals surface area contributed by atoms with Crippen molar-refractivity contribution in [3.8, 4) is 0 Å². The molecular formula is C27H31FN2O4. The summed E-state index contributed by atoms with van der Waals surface area (Å²) in [6, 6.07) is 17.5. The normalized spacial score (nSPS) is 12.2. The number of amides is 1. The number of carbonyl (C=O) groups excluding carboxylic acids is 2. The van der Waals surface area contributed by atoms with Crippen LogP contribution >= 0.6 is 0 Å². The number of halogens is 1. The lowest BCUT2D eigenvalue weighted by Gasteiger charge is -2.32. The van der Waals surface area contributed by atoms with Crippen molar-refractivity contribution in [1.82, 2.24) is 0 Å². The minimum absolute atomic E-state index is 0.165. The Kier molecular flexibility index (Phi) is 7.76. The van der Waals surface area contributed by atoms with Crippen LogP contribution in [0.1, 0.15) is 39.7 Å². The third-order valence-corrected chi connectivity index (χ3v) is 5.31. The van der Waals surface area contributed by atoms with Crippen molar-refractivity contribution in [2.75, 3.05) is 17.3 Å². The summed E-state index contributed by atoms with van der Waals surface area (Å²) in [6.45, 7) is 7.74. The highest BCUT2D eigenvalue weighted by atomic mass is 19.1. The van der Waals surface area contributed by atoms with Crippen molar-refractivity contribution < 1.29 is 23.5 Å². The summed E-state index contributed by atoms with van der Waals surface area (Å²) in [7, 11) is 1.36. The van der Waals surface area contributed by atoms with E-state index in [0.29, 0.717) is 12.2 Å². The zero-order valence-corrected chi connectivity index (χ0v) is 20.2. The van der Waals surface area contributed by atoms with Crippen molar-refractivity contribution in [2.45, 2.75) is 52.3 Å². The Bertz CT molecular complexity index is 1170. The number of hydrogen-bond donors (Lipinski definition) is 1. The second-order valence-electron chi connectivity index (χ2n) is 9.19. The molecule has 1 atom stereocenters. The zero-order valence-electron chi connectivity index (χ0n) is 20.2. The molecule has 0 radical (unpaired) electrons. The molecule has 0 spiro atoms. The second kappa shape index (κ2) is 10.5. The lowest BCUT2D eigenvalue weighted by Crippen LogP contribution is -2.35. The van der Waals surface area contributed by atoms with Crippen LogP contribution in [0, 0.1) is 5.82 Å². The number of rotatable bonds is 7. The topological polar surface area (TPSA) is 67.9 Å². The molecule has 0 bridgehead atoms. The van der Waals surface area contributed by atoms with Crippen LogP contribution < -0.4 is 10.2 Å². The quantitative estimate of drug-likeness (QED) is 0.415. The molecule has 0 fully saturated rings. The molecule has 0 aliphatic heterocycles. The Morgan fingerprint density at radius 2 is 1.74 bits per heavy atom. The molecule has 34 heavy (non-hydrogen) atoms. The van der Waals surface area contributed by atoms with E-state index in [1.165, 1.54) is 19.2 Å². The van der Waals surface area contributed by atoms with Crippen LogP contribution in [0.15, 0.2) is 60.7 Å². The molecular weight excluding hydrogens is 435 g/mol. The van der Waals surface area contributed by atoms with Crippen LogP contribution in [-0.2, 0) is 20.8 Å². The summed E-state index contributed by atoms with van der Waals surface area (Å²) in [5, 5.41) is 4.53. The van der Waals surface area contributed by atoms with Crippen LogP contribution in [0.5, 0.6) is 0 Å². The van der Waals surface area contributed by atoms with Crippen molar-refractivity contribution in [3.05, 3.63) is 72.0 Å². The van der Waals surface area contributed by atoms with Gasteiger partial charge < -0.3 is 14.4 Å². The highest BCUT2D eigenvalue weighted by Crippen LogP contribution is 2.35. The van der Waals surface area contributed by atoms with Gasteiger partial charge in [-0.25, -0.2) is 9.18 Å². The molecule has 3 rings (SSSR count). The molecule has 3 aromatic rings. The smallest absolute Gasteiger partial charge is 0.412 e. The van der Waals surface area contributed by atoms with Gasteiger partial charge in [0.25, 0.3) is 0 Å². The van der Waals surface area contributed by atoms with E-state index in [4.69, 9.17) is 9.47 Å². The fourth-order valence-corrected chi connectivity index (χ4v) is 3.80. The first-order valence-corrected chi connectivity index (χ1v) is 11.2. The second-order valence-corrected chi connectivity index (χ2v) is 9.19. The molecule has 0 saturated heterocycles. The van der Waals surface area contributed by atoms with Crippen molar-refractivity contribution in [2.24, 2.45) is 0 Å². The van der Waals surface area contributed by atoms with E-state index in [1.807, 2.05) is 54.3 Å². The fraction of sp³-hybridized carbons (Fsp3) is 0.333. The van der Waals surface area contributed by atoms with Gasteiger partial charge in [0, 0.05) is 29.0 Å². The Hall–Kier alpha value is -3.61. The molecule has 0 aliphatic carbocycles. The van der Waals surface area contributed by atoms with Crippen LogP contribution in [0.3, 0.4) is 0 Å². The van der Waals surface area contributed by atoms with Crippen LogP contribution in [0.2, 0.25) is 0 Å². The van der Waals surface area contributed by atoms with E-state index in [2.05, 4.69) is 5.32 Å². The number of anilines is 2. The monoisotopic (exact) mass is 466 g/mol. The summed E-state index contributed by atoms with van der Waals surface area (Å²) in [5.41, 5.74) is 1.62. The minimum Gasteiger partial charge on any atom is -0.469 e. The first kappa shape index (κ1) is 25.0. The highest BCUT2D eigenvalue weighted by molar-refractivity contribution is 6.05. The van der Waals surface area contributed by atoms with Gasteiger partial charge in [0.05, 0.1) is 19.2 Å². The van der Waals surface area contributed by atoms with Gasteiger partial charge in [0.2, 0.25) is 0 Å². The number of nitrogens with one attached hydrogen (secondary N) is 1. The van der Waals surface area contributed by atoms with Crippen LogP contribution in [0.25, 0.3) is 10.8 Å². The Balaban J connectivity index is 2.03. The number of fused-ring (bicyclic) bond motifs is 1. The fourth-order valence-electron chi connectivity index (χ4n) is 3.80. The number of esters is 1.